The van der Waals surface area contributed by atoms with Gasteiger partial charge in [-0.15, -0.1) is 0 Å². The number of benzene rings is 1. The maximum Gasteiger partial charge on any atom is 0.174 e. The summed E-state index contributed by atoms with van der Waals surface area (Å²) in [4.78, 5) is 7.81. The highest BCUT2D eigenvalue weighted by molar-refractivity contribution is 5.78. The fraction of sp³-hybridized carbons (Fsp3) is 0.214. The first kappa shape index (κ1) is 10.8. The lowest BCUT2D eigenvalue weighted by Crippen LogP contribution is -2.24. The molecule has 3 N–H and O–H groups in total. The second kappa shape index (κ2) is 4.22. The molecule has 2 aromatic heterocycles. The SMILES string of the molecule is c1ccc2[nH]c(-c3ccc(C4CCNN4)o3)nc2c1. The zero-order valence-corrected chi connectivity index (χ0v) is 10.3. The van der Waals surface area contributed by atoms with Crippen molar-refractivity contribution in [3.05, 3.63) is 42.2 Å². The van der Waals surface area contributed by atoms with Crippen LogP contribution in [0.3, 0.4) is 0 Å². The fourth-order valence-corrected chi connectivity index (χ4v) is 2.43. The summed E-state index contributed by atoms with van der Waals surface area (Å²) in [7, 11) is 0. The van der Waals surface area contributed by atoms with Crippen LogP contribution in [0.1, 0.15) is 18.2 Å². The predicted molar refractivity (Wildman–Crippen MR) is 72.3 cm³/mol. The van der Waals surface area contributed by atoms with E-state index in [4.69, 9.17) is 4.42 Å². The van der Waals surface area contributed by atoms with E-state index < -0.39 is 0 Å². The number of hydrogen-bond donors (Lipinski definition) is 3. The Balaban J connectivity index is 1.71. The lowest BCUT2D eigenvalue weighted by molar-refractivity contribution is 0.440. The van der Waals surface area contributed by atoms with Crippen molar-refractivity contribution < 1.29 is 4.42 Å². The number of aromatic nitrogens is 2. The van der Waals surface area contributed by atoms with E-state index >= 15 is 0 Å². The van der Waals surface area contributed by atoms with Gasteiger partial charge in [-0.3, -0.25) is 5.43 Å². The van der Waals surface area contributed by atoms with Crippen molar-refractivity contribution in [1.82, 2.24) is 20.8 Å². The van der Waals surface area contributed by atoms with Gasteiger partial charge in [0.15, 0.2) is 11.6 Å². The first-order chi connectivity index (χ1) is 9.40. The number of fused-ring (bicyclic) bond motifs is 1. The average molecular weight is 254 g/mol. The lowest BCUT2D eigenvalue weighted by Gasteiger charge is -2.04. The Kier molecular flexibility index (Phi) is 2.39. The molecule has 0 amide bonds. The maximum absolute atomic E-state index is 5.89. The van der Waals surface area contributed by atoms with Gasteiger partial charge in [-0.1, -0.05) is 12.1 Å². The number of imidazole rings is 1. The molecule has 0 spiro atoms. The van der Waals surface area contributed by atoms with Gasteiger partial charge >= 0.3 is 0 Å². The summed E-state index contributed by atoms with van der Waals surface area (Å²) in [5.74, 6) is 2.50. The standard InChI is InChI=1S/C14H14N4O/c1-2-4-10-9(3-1)16-14(17-10)13-6-5-12(19-13)11-7-8-15-18-11/h1-6,11,15,18H,7-8H2,(H,16,17). The van der Waals surface area contributed by atoms with Crippen LogP contribution >= 0.6 is 0 Å². The van der Waals surface area contributed by atoms with Crippen LogP contribution in [0.4, 0.5) is 0 Å². The van der Waals surface area contributed by atoms with Gasteiger partial charge in [0.2, 0.25) is 0 Å². The van der Waals surface area contributed by atoms with Crippen molar-refractivity contribution in [2.75, 3.05) is 6.54 Å². The predicted octanol–water partition coefficient (Wildman–Crippen LogP) is 2.36. The van der Waals surface area contributed by atoms with E-state index in [2.05, 4.69) is 20.8 Å². The number of nitrogens with zero attached hydrogens (tertiary/aromatic N) is 1. The van der Waals surface area contributed by atoms with Crippen LogP contribution in [0.5, 0.6) is 0 Å². The van der Waals surface area contributed by atoms with Crippen molar-refractivity contribution in [1.29, 1.82) is 0 Å². The molecule has 0 radical (unpaired) electrons. The van der Waals surface area contributed by atoms with Gasteiger partial charge < -0.3 is 9.40 Å². The van der Waals surface area contributed by atoms with Gasteiger partial charge in [0, 0.05) is 6.54 Å². The molecule has 0 saturated carbocycles. The van der Waals surface area contributed by atoms with E-state index in [-0.39, 0.29) is 6.04 Å². The topological polar surface area (TPSA) is 65.9 Å². The van der Waals surface area contributed by atoms with E-state index in [1.165, 1.54) is 0 Å². The molecular weight excluding hydrogens is 240 g/mol. The molecule has 1 atom stereocenters. The summed E-state index contributed by atoms with van der Waals surface area (Å²) in [6.07, 6.45) is 1.03. The van der Waals surface area contributed by atoms with Crippen molar-refractivity contribution in [3.8, 4) is 11.6 Å². The third kappa shape index (κ3) is 1.83. The van der Waals surface area contributed by atoms with E-state index in [1.807, 2.05) is 36.4 Å². The van der Waals surface area contributed by atoms with Gasteiger partial charge in [-0.2, -0.15) is 0 Å². The van der Waals surface area contributed by atoms with Gasteiger partial charge in [0.1, 0.15) is 5.76 Å². The van der Waals surface area contributed by atoms with Crippen molar-refractivity contribution >= 4 is 11.0 Å². The van der Waals surface area contributed by atoms with Crippen LogP contribution in [0.25, 0.3) is 22.6 Å². The number of hydrazine groups is 1. The number of nitrogens with one attached hydrogen (secondary N) is 3. The molecule has 0 bridgehead atoms. The summed E-state index contributed by atoms with van der Waals surface area (Å²) >= 11 is 0. The Hall–Kier alpha value is -2.11. The minimum absolute atomic E-state index is 0.248. The van der Waals surface area contributed by atoms with E-state index in [1.54, 1.807) is 0 Å². The van der Waals surface area contributed by atoms with Crippen LogP contribution in [-0.2, 0) is 0 Å². The fourth-order valence-electron chi connectivity index (χ4n) is 2.43. The van der Waals surface area contributed by atoms with E-state index in [9.17, 15) is 0 Å². The number of aromatic amines is 1. The zero-order valence-electron chi connectivity index (χ0n) is 10.3. The Morgan fingerprint density at radius 1 is 1.16 bits per heavy atom. The van der Waals surface area contributed by atoms with Crippen molar-refractivity contribution in [3.63, 3.8) is 0 Å². The molecular formula is C14H14N4O. The minimum atomic E-state index is 0.248. The summed E-state index contributed by atoms with van der Waals surface area (Å²) in [6.45, 7) is 0.964. The second-order valence-electron chi connectivity index (χ2n) is 4.72. The molecule has 5 nitrogen and oxygen atoms in total. The highest BCUT2D eigenvalue weighted by Gasteiger charge is 2.20. The van der Waals surface area contributed by atoms with Gasteiger partial charge in [0.05, 0.1) is 17.1 Å². The Labute approximate surface area is 110 Å². The Morgan fingerprint density at radius 2 is 2.11 bits per heavy atom. The van der Waals surface area contributed by atoms with Gasteiger partial charge in [-0.25, -0.2) is 10.4 Å². The van der Waals surface area contributed by atoms with Crippen LogP contribution in [-0.4, -0.2) is 16.5 Å². The molecule has 19 heavy (non-hydrogen) atoms. The van der Waals surface area contributed by atoms with Gasteiger partial charge in [0.25, 0.3) is 0 Å². The number of rotatable bonds is 2. The zero-order chi connectivity index (χ0) is 12.7. The molecule has 1 aromatic carbocycles. The average Bonchev–Trinajstić information content (AvgIpc) is 3.17. The lowest BCUT2D eigenvalue weighted by atomic mass is 10.2. The van der Waals surface area contributed by atoms with Crippen LogP contribution in [0.2, 0.25) is 0 Å². The minimum Gasteiger partial charge on any atom is -0.456 e. The number of para-hydroxylation sites is 2. The van der Waals surface area contributed by atoms with E-state index in [0.717, 1.165) is 41.3 Å². The number of hydrogen-bond acceptors (Lipinski definition) is 4. The number of furan rings is 1. The van der Waals surface area contributed by atoms with E-state index in [0.29, 0.717) is 0 Å². The maximum atomic E-state index is 5.89. The molecule has 1 fully saturated rings. The van der Waals surface area contributed by atoms with Crippen LogP contribution in [0, 0.1) is 0 Å². The first-order valence-corrected chi connectivity index (χ1v) is 6.43. The third-order valence-corrected chi connectivity index (χ3v) is 3.43. The molecule has 3 aromatic rings. The molecule has 0 aliphatic carbocycles. The largest absolute Gasteiger partial charge is 0.456 e. The van der Waals surface area contributed by atoms with Crippen molar-refractivity contribution in [2.24, 2.45) is 0 Å². The summed E-state index contributed by atoms with van der Waals surface area (Å²) in [5, 5.41) is 0. The highest BCUT2D eigenvalue weighted by atomic mass is 16.3. The molecule has 4 rings (SSSR count). The van der Waals surface area contributed by atoms with Crippen LogP contribution < -0.4 is 10.9 Å². The van der Waals surface area contributed by atoms with Gasteiger partial charge in [-0.05, 0) is 30.7 Å². The summed E-state index contributed by atoms with van der Waals surface area (Å²) in [5.41, 5.74) is 8.28. The smallest absolute Gasteiger partial charge is 0.174 e. The van der Waals surface area contributed by atoms with Crippen LogP contribution in [0.15, 0.2) is 40.8 Å². The quantitative estimate of drug-likeness (QED) is 0.657. The highest BCUT2D eigenvalue weighted by Crippen LogP contribution is 2.27. The number of H-pyrrole nitrogens is 1. The van der Waals surface area contributed by atoms with Crippen molar-refractivity contribution in [2.45, 2.75) is 12.5 Å². The molecule has 5 heteroatoms. The Bertz CT molecular complexity index is 676. The normalized spacial score (nSPS) is 19.3. The summed E-state index contributed by atoms with van der Waals surface area (Å²) < 4.78 is 5.89. The first-order valence-electron chi connectivity index (χ1n) is 6.43. The molecule has 1 aliphatic rings. The monoisotopic (exact) mass is 254 g/mol. The molecule has 1 saturated heterocycles. The molecule has 3 heterocycles. The molecule has 1 unspecified atom stereocenters. The Morgan fingerprint density at radius 3 is 2.95 bits per heavy atom. The third-order valence-electron chi connectivity index (χ3n) is 3.43. The molecule has 96 valence electrons. The molecule has 1 aliphatic heterocycles. The summed E-state index contributed by atoms with van der Waals surface area (Å²) in [6, 6.07) is 12.2. The second-order valence-corrected chi connectivity index (χ2v) is 4.72.